The molecule has 0 atom stereocenters. The smallest absolute Gasteiger partial charge is 0.0398 e. The fourth-order valence-corrected chi connectivity index (χ4v) is 1.92. The molecule has 0 aromatic heterocycles. The van der Waals surface area contributed by atoms with E-state index in [1.54, 1.807) is 11.1 Å². The SMILES string of the molecule is CC.CC.CN1C=CC2=C(C1)CN(C)CC2. The van der Waals surface area contributed by atoms with Gasteiger partial charge in [0.25, 0.3) is 0 Å². The molecular formula is C14H28N2. The number of hydrogen-bond acceptors (Lipinski definition) is 2. The van der Waals surface area contributed by atoms with Crippen LogP contribution in [0.15, 0.2) is 23.4 Å². The van der Waals surface area contributed by atoms with Crippen molar-refractivity contribution in [2.24, 2.45) is 0 Å². The molecule has 0 N–H and O–H groups in total. The molecule has 0 saturated carbocycles. The highest BCUT2D eigenvalue weighted by Crippen LogP contribution is 2.21. The topological polar surface area (TPSA) is 6.48 Å². The van der Waals surface area contributed by atoms with Gasteiger partial charge < -0.3 is 9.80 Å². The Kier molecular flexibility index (Phi) is 8.00. The summed E-state index contributed by atoms with van der Waals surface area (Å²) in [6, 6.07) is 0. The van der Waals surface area contributed by atoms with Crippen LogP contribution < -0.4 is 0 Å². The summed E-state index contributed by atoms with van der Waals surface area (Å²) in [5.74, 6) is 0. The van der Waals surface area contributed by atoms with Crippen molar-refractivity contribution in [2.45, 2.75) is 34.1 Å². The first-order valence-electron chi connectivity index (χ1n) is 6.53. The van der Waals surface area contributed by atoms with Gasteiger partial charge >= 0.3 is 0 Å². The molecule has 0 amide bonds. The van der Waals surface area contributed by atoms with Crippen LogP contribution in [0.1, 0.15) is 34.1 Å². The number of hydrogen-bond donors (Lipinski definition) is 0. The Hall–Kier alpha value is -0.760. The minimum absolute atomic E-state index is 1.12. The van der Waals surface area contributed by atoms with Gasteiger partial charge in [0.1, 0.15) is 0 Å². The van der Waals surface area contributed by atoms with Crippen molar-refractivity contribution in [3.63, 3.8) is 0 Å². The summed E-state index contributed by atoms with van der Waals surface area (Å²) in [5.41, 5.74) is 3.18. The first kappa shape index (κ1) is 15.2. The zero-order valence-electron chi connectivity index (χ0n) is 11.9. The lowest BCUT2D eigenvalue weighted by molar-refractivity contribution is 0.330. The van der Waals surface area contributed by atoms with E-state index < -0.39 is 0 Å². The number of nitrogens with zero attached hydrogens (tertiary/aromatic N) is 2. The van der Waals surface area contributed by atoms with Gasteiger partial charge in [0.15, 0.2) is 0 Å². The van der Waals surface area contributed by atoms with Crippen LogP contribution in [0.5, 0.6) is 0 Å². The maximum atomic E-state index is 2.39. The van der Waals surface area contributed by atoms with Gasteiger partial charge in [-0.15, -0.1) is 0 Å². The van der Waals surface area contributed by atoms with E-state index in [0.717, 1.165) is 13.1 Å². The van der Waals surface area contributed by atoms with Crippen molar-refractivity contribution < 1.29 is 0 Å². The Morgan fingerprint density at radius 3 is 2.25 bits per heavy atom. The van der Waals surface area contributed by atoms with Crippen LogP contribution in [-0.2, 0) is 0 Å². The van der Waals surface area contributed by atoms with Crippen molar-refractivity contribution in [1.29, 1.82) is 0 Å². The second kappa shape index (κ2) is 8.40. The summed E-state index contributed by atoms with van der Waals surface area (Å²) < 4.78 is 0. The second-order valence-electron chi connectivity index (χ2n) is 3.85. The molecule has 2 rings (SSSR count). The molecule has 0 bridgehead atoms. The van der Waals surface area contributed by atoms with Crippen LogP contribution in [0.3, 0.4) is 0 Å². The summed E-state index contributed by atoms with van der Waals surface area (Å²) in [6.45, 7) is 11.5. The third-order valence-corrected chi connectivity index (χ3v) is 2.65. The lowest BCUT2D eigenvalue weighted by atomic mass is 9.98. The van der Waals surface area contributed by atoms with Gasteiger partial charge in [-0.3, -0.25) is 0 Å². The van der Waals surface area contributed by atoms with Gasteiger partial charge in [0.05, 0.1) is 0 Å². The van der Waals surface area contributed by atoms with Gasteiger partial charge in [-0.25, -0.2) is 0 Å². The molecule has 0 aliphatic carbocycles. The van der Waals surface area contributed by atoms with E-state index in [2.05, 4.69) is 36.2 Å². The van der Waals surface area contributed by atoms with Crippen LogP contribution in [0.4, 0.5) is 0 Å². The van der Waals surface area contributed by atoms with Crippen molar-refractivity contribution in [3.8, 4) is 0 Å². The minimum atomic E-state index is 1.12. The van der Waals surface area contributed by atoms with Crippen LogP contribution in [-0.4, -0.2) is 43.5 Å². The van der Waals surface area contributed by atoms with E-state index in [9.17, 15) is 0 Å². The predicted molar refractivity (Wildman–Crippen MR) is 73.6 cm³/mol. The van der Waals surface area contributed by atoms with Gasteiger partial charge in [0, 0.05) is 26.7 Å². The van der Waals surface area contributed by atoms with Crippen molar-refractivity contribution in [2.75, 3.05) is 33.7 Å². The Morgan fingerprint density at radius 2 is 1.62 bits per heavy atom. The maximum absolute atomic E-state index is 2.39. The fourth-order valence-electron chi connectivity index (χ4n) is 1.92. The first-order chi connectivity index (χ1) is 7.75. The molecule has 2 aliphatic rings. The summed E-state index contributed by atoms with van der Waals surface area (Å²) >= 11 is 0. The molecule has 2 heterocycles. The number of likely N-dealkylation sites (N-methyl/N-ethyl adjacent to an activating group) is 2. The first-order valence-corrected chi connectivity index (χ1v) is 6.53. The summed E-state index contributed by atoms with van der Waals surface area (Å²) in [6.07, 6.45) is 5.69. The van der Waals surface area contributed by atoms with E-state index in [0.29, 0.717) is 0 Å². The molecule has 94 valence electrons. The zero-order valence-corrected chi connectivity index (χ0v) is 11.9. The summed E-state index contributed by atoms with van der Waals surface area (Å²) in [5, 5.41) is 0. The quantitative estimate of drug-likeness (QED) is 0.624. The van der Waals surface area contributed by atoms with Gasteiger partial charge in [0.2, 0.25) is 0 Å². The standard InChI is InChI=1S/C10H16N2.2C2H6/c1-11-5-3-9-4-6-12(2)8-10(9)7-11;2*1-2/h3,5H,4,6-8H2,1-2H3;2*1-2H3. The Bertz CT molecular complexity index is 241. The molecule has 16 heavy (non-hydrogen) atoms. The highest BCUT2D eigenvalue weighted by Gasteiger charge is 2.17. The molecule has 0 aromatic rings. The fraction of sp³-hybridized carbons (Fsp3) is 0.714. The Balaban J connectivity index is 0.000000509. The third kappa shape index (κ3) is 4.40. The van der Waals surface area contributed by atoms with Gasteiger partial charge in [-0.1, -0.05) is 27.7 Å². The van der Waals surface area contributed by atoms with E-state index in [1.807, 2.05) is 27.7 Å². The van der Waals surface area contributed by atoms with E-state index >= 15 is 0 Å². The molecular weight excluding hydrogens is 196 g/mol. The monoisotopic (exact) mass is 224 g/mol. The lowest BCUT2D eigenvalue weighted by Gasteiger charge is -2.31. The molecule has 0 spiro atoms. The molecule has 0 unspecified atom stereocenters. The maximum Gasteiger partial charge on any atom is 0.0398 e. The molecule has 2 nitrogen and oxygen atoms in total. The van der Waals surface area contributed by atoms with Gasteiger partial charge in [-0.2, -0.15) is 0 Å². The van der Waals surface area contributed by atoms with E-state index in [1.165, 1.54) is 13.0 Å². The summed E-state index contributed by atoms with van der Waals surface area (Å²) in [4.78, 5) is 4.64. The highest BCUT2D eigenvalue weighted by atomic mass is 15.1. The van der Waals surface area contributed by atoms with Crippen LogP contribution in [0.2, 0.25) is 0 Å². The van der Waals surface area contributed by atoms with E-state index in [4.69, 9.17) is 0 Å². The highest BCUT2D eigenvalue weighted by molar-refractivity contribution is 5.32. The zero-order chi connectivity index (χ0) is 12.6. The minimum Gasteiger partial charge on any atom is -0.376 e. The predicted octanol–water partition coefficient (Wildman–Crippen LogP) is 3.13. The number of rotatable bonds is 0. The van der Waals surface area contributed by atoms with Crippen LogP contribution in [0, 0.1) is 0 Å². The third-order valence-electron chi connectivity index (χ3n) is 2.65. The largest absolute Gasteiger partial charge is 0.376 e. The lowest BCUT2D eigenvalue weighted by Crippen LogP contribution is -2.33. The van der Waals surface area contributed by atoms with Crippen molar-refractivity contribution in [3.05, 3.63) is 23.4 Å². The van der Waals surface area contributed by atoms with Crippen molar-refractivity contribution in [1.82, 2.24) is 9.80 Å². The normalized spacial score (nSPS) is 19.2. The molecule has 0 radical (unpaired) electrons. The Morgan fingerprint density at radius 1 is 1.00 bits per heavy atom. The molecule has 0 fully saturated rings. The van der Waals surface area contributed by atoms with Crippen LogP contribution >= 0.6 is 0 Å². The Labute approximate surface area is 102 Å². The average Bonchev–Trinajstić information content (AvgIpc) is 2.33. The molecule has 0 saturated heterocycles. The molecule has 2 aliphatic heterocycles. The van der Waals surface area contributed by atoms with E-state index in [-0.39, 0.29) is 0 Å². The molecule has 0 aromatic carbocycles. The second-order valence-corrected chi connectivity index (χ2v) is 3.85. The summed E-state index contributed by atoms with van der Waals surface area (Å²) in [7, 11) is 4.33. The van der Waals surface area contributed by atoms with Gasteiger partial charge in [-0.05, 0) is 36.9 Å². The average molecular weight is 224 g/mol. The molecule has 2 heteroatoms. The van der Waals surface area contributed by atoms with Crippen LogP contribution in [0.25, 0.3) is 0 Å². The van der Waals surface area contributed by atoms with Crippen molar-refractivity contribution >= 4 is 0 Å². The number of allylic oxidation sites excluding steroid dienone is 1.